The summed E-state index contributed by atoms with van der Waals surface area (Å²) < 4.78 is 5.57. The number of hydrogen-bond donors (Lipinski definition) is 0. The summed E-state index contributed by atoms with van der Waals surface area (Å²) in [4.78, 5) is 39.7. The van der Waals surface area contributed by atoms with E-state index in [-0.39, 0.29) is 29.9 Å². The molecule has 4 rings (SSSR count). The van der Waals surface area contributed by atoms with Crippen molar-refractivity contribution in [1.82, 2.24) is 9.91 Å². The highest BCUT2D eigenvalue weighted by Crippen LogP contribution is 2.35. The van der Waals surface area contributed by atoms with Crippen molar-refractivity contribution in [2.75, 3.05) is 12.3 Å². The fraction of sp³-hybridized carbons (Fsp3) is 0.333. The van der Waals surface area contributed by atoms with Gasteiger partial charge in [0.2, 0.25) is 5.91 Å². The standard InChI is InChI=1S/C24H24ClN3O4S/c1-24(2,3)20(29)12-23-27(22(31)14-33-23)13-21(30)28-18(19-5-4-10-32-19)11-17(26-28)15-6-8-16(25)9-7-15/h4-10,12,18H,11,13-14H2,1-3H3/b23-12-. The number of thioether (sulfide) groups is 1. The lowest BCUT2D eigenvalue weighted by atomic mass is 9.91. The molecular weight excluding hydrogens is 462 g/mol. The Kier molecular flexibility index (Phi) is 6.50. The number of carbonyl (C=O) groups excluding carboxylic acids is 3. The molecule has 7 nitrogen and oxygen atoms in total. The van der Waals surface area contributed by atoms with Crippen molar-refractivity contribution in [1.29, 1.82) is 0 Å². The van der Waals surface area contributed by atoms with E-state index < -0.39 is 11.5 Å². The van der Waals surface area contributed by atoms with Crippen molar-refractivity contribution in [3.05, 3.63) is 70.1 Å². The molecule has 0 saturated carbocycles. The van der Waals surface area contributed by atoms with E-state index in [0.717, 1.165) is 11.3 Å². The van der Waals surface area contributed by atoms with Gasteiger partial charge in [0.1, 0.15) is 18.3 Å². The highest BCUT2D eigenvalue weighted by atomic mass is 35.5. The number of nitrogens with zero attached hydrogens (tertiary/aromatic N) is 3. The van der Waals surface area contributed by atoms with Gasteiger partial charge < -0.3 is 4.42 Å². The van der Waals surface area contributed by atoms with Gasteiger partial charge in [0, 0.05) is 22.9 Å². The van der Waals surface area contributed by atoms with Gasteiger partial charge in [0.25, 0.3) is 5.91 Å². The first-order chi connectivity index (χ1) is 15.6. The first-order valence-corrected chi connectivity index (χ1v) is 11.9. The number of rotatable bonds is 5. The summed E-state index contributed by atoms with van der Waals surface area (Å²) in [6, 6.07) is 10.4. The van der Waals surface area contributed by atoms with Gasteiger partial charge >= 0.3 is 0 Å². The number of amides is 2. The third-order valence-electron chi connectivity index (χ3n) is 5.41. The van der Waals surface area contributed by atoms with Crippen LogP contribution >= 0.6 is 23.4 Å². The van der Waals surface area contributed by atoms with Crippen LogP contribution < -0.4 is 0 Å². The number of hydrazone groups is 1. The monoisotopic (exact) mass is 485 g/mol. The molecule has 2 aliphatic rings. The molecular formula is C24H24ClN3O4S. The Bertz CT molecular complexity index is 1130. The van der Waals surface area contributed by atoms with Gasteiger partial charge in [-0.1, -0.05) is 56.3 Å². The lowest BCUT2D eigenvalue weighted by molar-refractivity contribution is -0.138. The summed E-state index contributed by atoms with van der Waals surface area (Å²) in [7, 11) is 0. The van der Waals surface area contributed by atoms with E-state index in [1.807, 2.05) is 32.9 Å². The van der Waals surface area contributed by atoms with Gasteiger partial charge in [-0.25, -0.2) is 5.01 Å². The third kappa shape index (κ3) is 5.07. The summed E-state index contributed by atoms with van der Waals surface area (Å²) in [5, 5.41) is 7.06. The maximum atomic E-state index is 13.4. The molecule has 1 fully saturated rings. The molecule has 0 aliphatic carbocycles. The maximum absolute atomic E-state index is 13.4. The van der Waals surface area contributed by atoms with Crippen LogP contribution in [0.3, 0.4) is 0 Å². The number of carbonyl (C=O) groups is 3. The molecule has 1 saturated heterocycles. The second kappa shape index (κ2) is 9.19. The van der Waals surface area contributed by atoms with Crippen molar-refractivity contribution in [3.63, 3.8) is 0 Å². The van der Waals surface area contributed by atoms with Crippen LogP contribution in [0.5, 0.6) is 0 Å². The Balaban J connectivity index is 1.60. The smallest absolute Gasteiger partial charge is 0.263 e. The fourth-order valence-corrected chi connectivity index (χ4v) is 4.56. The summed E-state index contributed by atoms with van der Waals surface area (Å²) in [6.07, 6.45) is 3.48. The maximum Gasteiger partial charge on any atom is 0.263 e. The van der Waals surface area contributed by atoms with Gasteiger partial charge in [0.05, 0.1) is 22.8 Å². The zero-order valence-electron chi connectivity index (χ0n) is 18.6. The topological polar surface area (TPSA) is 83.2 Å². The number of halogens is 1. The minimum Gasteiger partial charge on any atom is -0.467 e. The van der Waals surface area contributed by atoms with Crippen LogP contribution in [0.2, 0.25) is 5.02 Å². The molecule has 1 unspecified atom stereocenters. The molecule has 0 spiro atoms. The molecule has 0 bridgehead atoms. The molecule has 1 aromatic heterocycles. The number of benzene rings is 1. The van der Waals surface area contributed by atoms with Crippen molar-refractivity contribution in [2.24, 2.45) is 10.5 Å². The molecule has 0 N–H and O–H groups in total. The van der Waals surface area contributed by atoms with Crippen LogP contribution in [0.15, 0.2) is 63.3 Å². The molecule has 33 heavy (non-hydrogen) atoms. The number of furan rings is 1. The van der Waals surface area contributed by atoms with Gasteiger partial charge in [-0.15, -0.1) is 0 Å². The number of ketones is 1. The normalized spacial score (nSPS) is 20.0. The second-order valence-corrected chi connectivity index (χ2v) is 10.3. The van der Waals surface area contributed by atoms with Crippen LogP contribution in [-0.4, -0.2) is 45.5 Å². The van der Waals surface area contributed by atoms with E-state index in [9.17, 15) is 14.4 Å². The summed E-state index contributed by atoms with van der Waals surface area (Å²) >= 11 is 7.27. The van der Waals surface area contributed by atoms with E-state index in [1.165, 1.54) is 27.7 Å². The Morgan fingerprint density at radius 3 is 2.61 bits per heavy atom. The zero-order chi connectivity index (χ0) is 23.8. The molecule has 1 atom stereocenters. The van der Waals surface area contributed by atoms with Crippen molar-refractivity contribution in [3.8, 4) is 0 Å². The van der Waals surface area contributed by atoms with E-state index in [2.05, 4.69) is 5.10 Å². The van der Waals surface area contributed by atoms with Crippen LogP contribution in [0.1, 0.15) is 44.6 Å². The summed E-state index contributed by atoms with van der Waals surface area (Å²) in [6.45, 7) is 5.24. The molecule has 172 valence electrons. The lowest BCUT2D eigenvalue weighted by Crippen LogP contribution is -2.38. The number of hydrogen-bond acceptors (Lipinski definition) is 6. The SMILES string of the molecule is CC(C)(C)C(=O)/C=C1\SCC(=O)N1CC(=O)N1N=C(c2ccc(Cl)cc2)CC1c1ccco1. The Labute approximate surface area is 201 Å². The summed E-state index contributed by atoms with van der Waals surface area (Å²) in [5.41, 5.74) is 1.00. The van der Waals surface area contributed by atoms with Gasteiger partial charge in [-0.05, 0) is 29.8 Å². The van der Waals surface area contributed by atoms with E-state index in [4.69, 9.17) is 16.0 Å². The van der Waals surface area contributed by atoms with Crippen LogP contribution in [-0.2, 0) is 14.4 Å². The van der Waals surface area contributed by atoms with Gasteiger partial charge in [-0.2, -0.15) is 5.10 Å². The van der Waals surface area contributed by atoms with Crippen LogP contribution in [0.4, 0.5) is 0 Å². The van der Waals surface area contributed by atoms with Crippen LogP contribution in [0, 0.1) is 5.41 Å². The zero-order valence-corrected chi connectivity index (χ0v) is 20.2. The quantitative estimate of drug-likeness (QED) is 0.576. The molecule has 2 aliphatic heterocycles. The van der Waals surface area contributed by atoms with Crippen LogP contribution in [0.25, 0.3) is 0 Å². The Morgan fingerprint density at radius 2 is 1.97 bits per heavy atom. The first-order valence-electron chi connectivity index (χ1n) is 10.5. The predicted molar refractivity (Wildman–Crippen MR) is 128 cm³/mol. The predicted octanol–water partition coefficient (Wildman–Crippen LogP) is 4.64. The highest BCUT2D eigenvalue weighted by Gasteiger charge is 2.38. The Morgan fingerprint density at radius 1 is 1.24 bits per heavy atom. The second-order valence-electron chi connectivity index (χ2n) is 8.89. The van der Waals surface area contributed by atoms with Gasteiger partial charge in [-0.3, -0.25) is 19.3 Å². The van der Waals surface area contributed by atoms with Crippen molar-refractivity contribution >= 4 is 46.7 Å². The fourth-order valence-electron chi connectivity index (χ4n) is 3.50. The van der Waals surface area contributed by atoms with E-state index in [0.29, 0.717) is 22.2 Å². The van der Waals surface area contributed by atoms with Crippen molar-refractivity contribution in [2.45, 2.75) is 33.2 Å². The van der Waals surface area contributed by atoms with E-state index >= 15 is 0 Å². The average Bonchev–Trinajstić information content (AvgIpc) is 3.50. The highest BCUT2D eigenvalue weighted by molar-refractivity contribution is 8.04. The number of allylic oxidation sites excluding steroid dienone is 1. The lowest BCUT2D eigenvalue weighted by Gasteiger charge is -2.24. The minimum atomic E-state index is -0.577. The first kappa shape index (κ1) is 23.3. The molecule has 2 amide bonds. The molecule has 3 heterocycles. The third-order valence-corrected chi connectivity index (χ3v) is 6.69. The minimum absolute atomic E-state index is 0.102. The van der Waals surface area contributed by atoms with Crippen molar-refractivity contribution < 1.29 is 18.8 Å². The largest absolute Gasteiger partial charge is 0.467 e. The Hall–Kier alpha value is -2.84. The van der Waals surface area contributed by atoms with Gasteiger partial charge in [0.15, 0.2) is 5.78 Å². The molecule has 1 aromatic carbocycles. The molecule has 0 radical (unpaired) electrons. The molecule has 2 aromatic rings. The molecule has 9 heteroatoms. The average molecular weight is 486 g/mol. The summed E-state index contributed by atoms with van der Waals surface area (Å²) in [5.74, 6) is 0.131. The van der Waals surface area contributed by atoms with E-state index in [1.54, 1.807) is 30.5 Å².